The largest absolute Gasteiger partial charge is 0.478 e. The lowest BCUT2D eigenvalue weighted by Gasteiger charge is -2.09. The first-order valence-corrected chi connectivity index (χ1v) is 7.00. The fraction of sp³-hybridized carbons (Fsp3) is 0.300. The van der Waals surface area contributed by atoms with Crippen molar-refractivity contribution in [3.05, 3.63) is 27.7 Å². The summed E-state index contributed by atoms with van der Waals surface area (Å²) >= 11 is 3.16. The molecular formula is C10H11BrO4S. The van der Waals surface area contributed by atoms with Crippen molar-refractivity contribution in [3.63, 3.8) is 0 Å². The van der Waals surface area contributed by atoms with Crippen LogP contribution in [-0.2, 0) is 9.84 Å². The maximum absolute atomic E-state index is 11.7. The van der Waals surface area contributed by atoms with E-state index in [0.29, 0.717) is 10.0 Å². The summed E-state index contributed by atoms with van der Waals surface area (Å²) in [6.45, 7) is 3.16. The van der Waals surface area contributed by atoms with Gasteiger partial charge < -0.3 is 5.11 Å². The highest BCUT2D eigenvalue weighted by molar-refractivity contribution is 9.10. The third-order valence-corrected chi connectivity index (χ3v) is 4.94. The van der Waals surface area contributed by atoms with Crippen molar-refractivity contribution >= 4 is 31.7 Å². The molecular weight excluding hydrogens is 296 g/mol. The molecule has 0 bridgehead atoms. The molecule has 1 rings (SSSR count). The lowest BCUT2D eigenvalue weighted by atomic mass is 10.1. The maximum Gasteiger partial charge on any atom is 0.335 e. The summed E-state index contributed by atoms with van der Waals surface area (Å²) in [5, 5.41) is 8.85. The molecule has 1 N–H and O–H groups in total. The Morgan fingerprint density at radius 2 is 2.00 bits per heavy atom. The second-order valence-corrected chi connectivity index (χ2v) is 6.39. The van der Waals surface area contributed by atoms with E-state index >= 15 is 0 Å². The molecule has 0 amide bonds. The summed E-state index contributed by atoms with van der Waals surface area (Å²) in [5.74, 6) is -1.20. The summed E-state index contributed by atoms with van der Waals surface area (Å²) in [4.78, 5) is 10.9. The normalized spacial score (nSPS) is 11.4. The van der Waals surface area contributed by atoms with Crippen LogP contribution in [0.1, 0.15) is 22.8 Å². The molecule has 0 saturated carbocycles. The molecule has 0 heterocycles. The van der Waals surface area contributed by atoms with Crippen LogP contribution < -0.4 is 0 Å². The van der Waals surface area contributed by atoms with E-state index in [-0.39, 0.29) is 16.2 Å². The Bertz CT molecular complexity index is 534. The van der Waals surface area contributed by atoms with Gasteiger partial charge in [-0.2, -0.15) is 0 Å². The first kappa shape index (κ1) is 13.2. The highest BCUT2D eigenvalue weighted by Crippen LogP contribution is 2.26. The van der Waals surface area contributed by atoms with Gasteiger partial charge >= 0.3 is 5.97 Å². The number of halogens is 1. The van der Waals surface area contributed by atoms with E-state index in [2.05, 4.69) is 15.9 Å². The van der Waals surface area contributed by atoms with Gasteiger partial charge in [0.05, 0.1) is 16.2 Å². The van der Waals surface area contributed by atoms with Gasteiger partial charge in [-0.15, -0.1) is 0 Å². The molecule has 88 valence electrons. The van der Waals surface area contributed by atoms with Crippen LogP contribution in [-0.4, -0.2) is 25.2 Å². The van der Waals surface area contributed by atoms with Crippen molar-refractivity contribution in [1.82, 2.24) is 0 Å². The molecule has 0 aliphatic heterocycles. The summed E-state index contributed by atoms with van der Waals surface area (Å²) in [7, 11) is -3.40. The molecule has 0 aliphatic carbocycles. The third-order valence-electron chi connectivity index (χ3n) is 2.26. The second-order valence-electron chi connectivity index (χ2n) is 3.29. The van der Waals surface area contributed by atoms with E-state index in [0.717, 1.165) is 0 Å². The Morgan fingerprint density at radius 3 is 2.44 bits per heavy atom. The van der Waals surface area contributed by atoms with Crippen LogP contribution in [0.2, 0.25) is 0 Å². The smallest absolute Gasteiger partial charge is 0.335 e. The molecule has 1 aromatic carbocycles. The van der Waals surface area contributed by atoms with Gasteiger partial charge in [-0.25, -0.2) is 13.2 Å². The molecule has 4 nitrogen and oxygen atoms in total. The minimum Gasteiger partial charge on any atom is -0.478 e. The highest BCUT2D eigenvalue weighted by atomic mass is 79.9. The first-order chi connectivity index (χ1) is 7.29. The van der Waals surface area contributed by atoms with Crippen LogP contribution in [0, 0.1) is 6.92 Å². The number of benzene rings is 1. The standard InChI is InChI=1S/C10H11BrO4S/c1-3-16(14,15)9-5-7(10(12)13)4-8(11)6(9)2/h4-5H,3H2,1-2H3,(H,12,13). The zero-order chi connectivity index (χ0) is 12.5. The number of carbonyl (C=O) groups is 1. The molecule has 0 unspecified atom stereocenters. The third kappa shape index (κ3) is 2.44. The molecule has 1 aromatic rings. The van der Waals surface area contributed by atoms with Gasteiger partial charge in [-0.05, 0) is 24.6 Å². The fourth-order valence-corrected chi connectivity index (χ4v) is 3.04. The summed E-state index contributed by atoms with van der Waals surface area (Å²) in [6.07, 6.45) is 0. The predicted molar refractivity (Wildman–Crippen MR) is 63.6 cm³/mol. The van der Waals surface area contributed by atoms with E-state index in [1.54, 1.807) is 6.92 Å². The van der Waals surface area contributed by atoms with E-state index in [1.807, 2.05) is 0 Å². The predicted octanol–water partition coefficient (Wildman–Crippen LogP) is 2.25. The van der Waals surface area contributed by atoms with Crippen LogP contribution in [0.25, 0.3) is 0 Å². The van der Waals surface area contributed by atoms with Crippen LogP contribution >= 0.6 is 15.9 Å². The quantitative estimate of drug-likeness (QED) is 0.929. The topological polar surface area (TPSA) is 71.4 Å². The molecule has 0 atom stereocenters. The van der Waals surface area contributed by atoms with Crippen LogP contribution in [0.3, 0.4) is 0 Å². The van der Waals surface area contributed by atoms with Gasteiger partial charge in [0.25, 0.3) is 0 Å². The van der Waals surface area contributed by atoms with E-state index in [4.69, 9.17) is 5.11 Å². The number of rotatable bonds is 3. The Kier molecular flexibility index (Phi) is 3.75. The van der Waals surface area contributed by atoms with Crippen LogP contribution in [0.4, 0.5) is 0 Å². The zero-order valence-corrected chi connectivity index (χ0v) is 11.2. The van der Waals surface area contributed by atoms with Crippen molar-refractivity contribution in [2.45, 2.75) is 18.7 Å². The number of aromatic carboxylic acids is 1. The van der Waals surface area contributed by atoms with E-state index in [9.17, 15) is 13.2 Å². The number of sulfone groups is 1. The lowest BCUT2D eigenvalue weighted by molar-refractivity contribution is 0.0696. The molecule has 0 aromatic heterocycles. The van der Waals surface area contributed by atoms with Crippen molar-refractivity contribution in [2.24, 2.45) is 0 Å². The monoisotopic (exact) mass is 306 g/mol. The summed E-state index contributed by atoms with van der Waals surface area (Å²) in [6, 6.07) is 2.59. The minimum absolute atomic E-state index is 0.0375. The second kappa shape index (κ2) is 4.55. The fourth-order valence-electron chi connectivity index (χ4n) is 1.26. The maximum atomic E-state index is 11.7. The van der Waals surface area contributed by atoms with Crippen molar-refractivity contribution in [1.29, 1.82) is 0 Å². The molecule has 0 saturated heterocycles. The van der Waals surface area contributed by atoms with Crippen molar-refractivity contribution in [3.8, 4) is 0 Å². The molecule has 16 heavy (non-hydrogen) atoms. The number of hydrogen-bond donors (Lipinski definition) is 1. The molecule has 0 spiro atoms. The van der Waals surface area contributed by atoms with Crippen LogP contribution in [0.5, 0.6) is 0 Å². The van der Waals surface area contributed by atoms with Crippen molar-refractivity contribution < 1.29 is 18.3 Å². The van der Waals surface area contributed by atoms with Gasteiger partial charge in [0, 0.05) is 4.47 Å². The average Bonchev–Trinajstić information content (AvgIpc) is 2.21. The minimum atomic E-state index is -3.40. The van der Waals surface area contributed by atoms with Gasteiger partial charge in [0.1, 0.15) is 0 Å². The first-order valence-electron chi connectivity index (χ1n) is 4.55. The molecule has 0 fully saturated rings. The SMILES string of the molecule is CCS(=O)(=O)c1cc(C(=O)O)cc(Br)c1C. The van der Waals surface area contributed by atoms with Gasteiger partial charge in [0.15, 0.2) is 9.84 Å². The van der Waals surface area contributed by atoms with E-state index < -0.39 is 15.8 Å². The average molecular weight is 307 g/mol. The van der Waals surface area contributed by atoms with Gasteiger partial charge in [-0.3, -0.25) is 0 Å². The summed E-state index contributed by atoms with van der Waals surface area (Å²) < 4.78 is 24.0. The van der Waals surface area contributed by atoms with Gasteiger partial charge in [-0.1, -0.05) is 22.9 Å². The number of hydrogen-bond acceptors (Lipinski definition) is 3. The highest BCUT2D eigenvalue weighted by Gasteiger charge is 2.19. The van der Waals surface area contributed by atoms with Gasteiger partial charge in [0.2, 0.25) is 0 Å². The Hall–Kier alpha value is -0.880. The lowest BCUT2D eigenvalue weighted by Crippen LogP contribution is -2.08. The molecule has 0 aliphatic rings. The van der Waals surface area contributed by atoms with Crippen molar-refractivity contribution in [2.75, 3.05) is 5.75 Å². The summed E-state index contributed by atoms with van der Waals surface area (Å²) in [5.41, 5.74) is 0.497. The Labute approximate surface area is 102 Å². The van der Waals surface area contributed by atoms with Crippen LogP contribution in [0.15, 0.2) is 21.5 Å². The Morgan fingerprint density at radius 1 is 1.44 bits per heavy atom. The molecule has 0 radical (unpaired) electrons. The number of carboxylic acid groups (broad SMARTS) is 1. The number of carboxylic acids is 1. The van der Waals surface area contributed by atoms with E-state index in [1.165, 1.54) is 19.1 Å². The Balaban J connectivity index is 3.57. The zero-order valence-electron chi connectivity index (χ0n) is 8.82. The molecule has 6 heteroatoms.